The summed E-state index contributed by atoms with van der Waals surface area (Å²) in [4.78, 5) is 14.3. The van der Waals surface area contributed by atoms with Gasteiger partial charge in [-0.1, -0.05) is 0 Å². The molecule has 0 atom stereocenters. The van der Waals surface area contributed by atoms with E-state index in [-0.39, 0.29) is 12.0 Å². The average Bonchev–Trinajstić information content (AvgIpc) is 2.49. The van der Waals surface area contributed by atoms with E-state index < -0.39 is 0 Å². The van der Waals surface area contributed by atoms with Crippen molar-refractivity contribution in [2.75, 3.05) is 51.8 Å². The van der Waals surface area contributed by atoms with Crippen molar-refractivity contribution in [3.05, 3.63) is 0 Å². The molecule has 0 spiro atoms. The van der Waals surface area contributed by atoms with Crippen LogP contribution in [0, 0.1) is 0 Å². The van der Waals surface area contributed by atoms with E-state index in [2.05, 4.69) is 26.6 Å². The van der Waals surface area contributed by atoms with Crippen molar-refractivity contribution in [3.8, 4) is 12.0 Å². The van der Waals surface area contributed by atoms with Gasteiger partial charge in [0.25, 0.3) is 0 Å². The van der Waals surface area contributed by atoms with E-state index in [1.807, 2.05) is 4.90 Å². The number of rotatable bonds is 3. The Hall–Kier alpha value is -1.34. The van der Waals surface area contributed by atoms with Crippen LogP contribution in [0.2, 0.25) is 0 Å². The molecule has 8 heteroatoms. The molecule has 7 nitrogen and oxygen atoms in total. The van der Waals surface area contributed by atoms with Crippen LogP contribution in [0.3, 0.4) is 0 Å². The molecule has 1 aliphatic rings. The number of ether oxygens (including phenoxy) is 3. The fourth-order valence-electron chi connectivity index (χ4n) is 1.42. The van der Waals surface area contributed by atoms with Gasteiger partial charge in [-0.2, -0.15) is 9.97 Å². The molecule has 0 N–H and O–H groups in total. The molecule has 0 radical (unpaired) electrons. The van der Waals surface area contributed by atoms with Crippen LogP contribution in [0.1, 0.15) is 0 Å². The lowest BCUT2D eigenvalue weighted by molar-refractivity contribution is 0.121. The van der Waals surface area contributed by atoms with Gasteiger partial charge >= 0.3 is 12.0 Å². The van der Waals surface area contributed by atoms with E-state index in [0.717, 1.165) is 13.1 Å². The zero-order valence-electron chi connectivity index (χ0n) is 10.7. The van der Waals surface area contributed by atoms with Gasteiger partial charge in [0, 0.05) is 19.5 Å². The zero-order chi connectivity index (χ0) is 13.4. The van der Waals surface area contributed by atoms with Crippen LogP contribution in [0.5, 0.6) is 12.0 Å². The topological polar surface area (TPSA) is 69.6 Å². The molecule has 1 fully saturated rings. The molecule has 1 aromatic heterocycles. The first-order chi connectivity index (χ1) is 8.83. The number of methoxy groups -OCH3 is 2. The Kier molecular flexibility index (Phi) is 6.45. The van der Waals surface area contributed by atoms with Gasteiger partial charge in [0.05, 0.1) is 27.4 Å². The van der Waals surface area contributed by atoms with Gasteiger partial charge in [-0.05, 0) is 0 Å². The zero-order valence-corrected chi connectivity index (χ0v) is 11.5. The fourth-order valence-corrected chi connectivity index (χ4v) is 1.42. The smallest absolute Gasteiger partial charge is 0.324 e. The molecule has 1 saturated heterocycles. The summed E-state index contributed by atoms with van der Waals surface area (Å²) in [7, 11) is 3.02. The van der Waals surface area contributed by atoms with E-state index in [1.165, 1.54) is 20.6 Å². The Morgan fingerprint density at radius 1 is 1.00 bits per heavy atom. The standard InChI is InChI=1S/C9H14N4O3.CH3Cl/c1-14-8-10-7(11-9(12-8)15-2)13-3-5-16-6-4-13;1-2/h3-6H2,1-2H3;1H3. The summed E-state index contributed by atoms with van der Waals surface area (Å²) in [5.41, 5.74) is 0. The quantitative estimate of drug-likeness (QED) is 0.748. The minimum absolute atomic E-state index is 0.258. The van der Waals surface area contributed by atoms with Gasteiger partial charge in [0.15, 0.2) is 0 Å². The van der Waals surface area contributed by atoms with E-state index in [4.69, 9.17) is 14.2 Å². The highest BCUT2D eigenvalue weighted by Gasteiger charge is 2.16. The molecule has 2 heterocycles. The molecule has 0 unspecified atom stereocenters. The van der Waals surface area contributed by atoms with Crippen molar-refractivity contribution in [1.82, 2.24) is 15.0 Å². The SMILES string of the molecule is CCl.COc1nc(OC)nc(N2CCOCC2)n1. The number of halogens is 1. The van der Waals surface area contributed by atoms with Crippen LogP contribution in [0.15, 0.2) is 0 Å². The third kappa shape index (κ3) is 3.85. The monoisotopic (exact) mass is 276 g/mol. The summed E-state index contributed by atoms with van der Waals surface area (Å²) in [5.74, 6) is 0.562. The first-order valence-corrected chi connectivity index (χ1v) is 6.13. The number of nitrogens with zero attached hydrogens (tertiary/aromatic N) is 4. The van der Waals surface area contributed by atoms with Crippen molar-refractivity contribution in [1.29, 1.82) is 0 Å². The summed E-state index contributed by atoms with van der Waals surface area (Å²) in [6.07, 6.45) is 1.47. The predicted octanol–water partition coefficient (Wildman–Crippen LogP) is 0.580. The van der Waals surface area contributed by atoms with E-state index in [1.54, 1.807) is 0 Å². The summed E-state index contributed by atoms with van der Waals surface area (Å²) in [6, 6.07) is 0.515. The molecular weight excluding hydrogens is 260 g/mol. The Labute approximate surface area is 111 Å². The Bertz CT molecular complexity index is 339. The largest absolute Gasteiger partial charge is 0.467 e. The second-order valence-corrected chi connectivity index (χ2v) is 3.21. The highest BCUT2D eigenvalue weighted by molar-refractivity contribution is 6.15. The number of hydrogen-bond acceptors (Lipinski definition) is 7. The van der Waals surface area contributed by atoms with Crippen molar-refractivity contribution in [2.24, 2.45) is 0 Å². The number of hydrogen-bond donors (Lipinski definition) is 0. The molecule has 0 bridgehead atoms. The van der Waals surface area contributed by atoms with Gasteiger partial charge in [-0.15, -0.1) is 16.6 Å². The summed E-state index contributed by atoms with van der Waals surface area (Å²) in [6.45, 7) is 2.87. The molecule has 1 aliphatic heterocycles. The highest BCUT2D eigenvalue weighted by Crippen LogP contribution is 2.16. The lowest BCUT2D eigenvalue weighted by Crippen LogP contribution is -2.37. The second kappa shape index (κ2) is 7.88. The van der Waals surface area contributed by atoms with E-state index in [0.29, 0.717) is 19.2 Å². The third-order valence-electron chi connectivity index (χ3n) is 2.24. The number of alkyl halides is 1. The van der Waals surface area contributed by atoms with Crippen LogP contribution in [0.4, 0.5) is 5.95 Å². The molecule has 0 aromatic carbocycles. The normalized spacial score (nSPS) is 14.6. The van der Waals surface area contributed by atoms with Gasteiger partial charge in [-0.25, -0.2) is 0 Å². The lowest BCUT2D eigenvalue weighted by atomic mass is 10.4. The van der Waals surface area contributed by atoms with Crippen LogP contribution < -0.4 is 14.4 Å². The minimum Gasteiger partial charge on any atom is -0.467 e. The van der Waals surface area contributed by atoms with Gasteiger partial charge in [0.1, 0.15) is 0 Å². The Balaban J connectivity index is 0.000000771. The number of aromatic nitrogens is 3. The molecule has 1 aromatic rings. The first-order valence-electron chi connectivity index (χ1n) is 5.38. The summed E-state index contributed by atoms with van der Waals surface area (Å²) < 4.78 is 15.2. The van der Waals surface area contributed by atoms with E-state index >= 15 is 0 Å². The molecule has 102 valence electrons. The maximum Gasteiger partial charge on any atom is 0.324 e. The highest BCUT2D eigenvalue weighted by atomic mass is 35.5. The van der Waals surface area contributed by atoms with Gasteiger partial charge in [-0.3, -0.25) is 0 Å². The first kappa shape index (κ1) is 14.7. The number of anilines is 1. The summed E-state index contributed by atoms with van der Waals surface area (Å²) >= 11 is 4.64. The predicted molar refractivity (Wildman–Crippen MR) is 67.7 cm³/mol. The Morgan fingerprint density at radius 2 is 1.50 bits per heavy atom. The van der Waals surface area contributed by atoms with Crippen molar-refractivity contribution >= 4 is 17.5 Å². The minimum atomic E-state index is 0.258. The average molecular weight is 277 g/mol. The maximum absolute atomic E-state index is 5.26. The van der Waals surface area contributed by atoms with Crippen molar-refractivity contribution in [3.63, 3.8) is 0 Å². The van der Waals surface area contributed by atoms with Gasteiger partial charge in [0.2, 0.25) is 5.95 Å². The summed E-state index contributed by atoms with van der Waals surface area (Å²) in [5, 5.41) is 0. The molecule has 0 amide bonds. The lowest BCUT2D eigenvalue weighted by Gasteiger charge is -2.26. The molecule has 2 rings (SSSR count). The fraction of sp³-hybridized carbons (Fsp3) is 0.700. The van der Waals surface area contributed by atoms with Crippen molar-refractivity contribution in [2.45, 2.75) is 0 Å². The molecule has 0 saturated carbocycles. The van der Waals surface area contributed by atoms with Crippen molar-refractivity contribution < 1.29 is 14.2 Å². The van der Waals surface area contributed by atoms with Gasteiger partial charge < -0.3 is 19.1 Å². The van der Waals surface area contributed by atoms with Crippen LogP contribution >= 0.6 is 11.6 Å². The molecule has 0 aliphatic carbocycles. The number of morpholine rings is 1. The van der Waals surface area contributed by atoms with Crippen LogP contribution in [-0.4, -0.2) is 61.9 Å². The Morgan fingerprint density at radius 3 is 1.94 bits per heavy atom. The second-order valence-electron chi connectivity index (χ2n) is 3.21. The maximum atomic E-state index is 5.26. The molecule has 18 heavy (non-hydrogen) atoms. The van der Waals surface area contributed by atoms with E-state index in [9.17, 15) is 0 Å². The molecular formula is C10H17ClN4O3. The van der Waals surface area contributed by atoms with Crippen LogP contribution in [-0.2, 0) is 4.74 Å². The third-order valence-corrected chi connectivity index (χ3v) is 2.24. The van der Waals surface area contributed by atoms with Crippen LogP contribution in [0.25, 0.3) is 0 Å².